The molecule has 27 heavy (non-hydrogen) atoms. The molecule has 1 saturated heterocycles. The van der Waals surface area contributed by atoms with Crippen molar-refractivity contribution in [1.29, 1.82) is 0 Å². The number of carbonyl (C=O) groups is 1. The maximum atomic E-state index is 12.5. The van der Waals surface area contributed by atoms with E-state index in [1.807, 2.05) is 23.1 Å². The molecule has 0 bridgehead atoms. The minimum atomic E-state index is 0.0122. The summed E-state index contributed by atoms with van der Waals surface area (Å²) in [5.74, 6) is 1.80. The summed E-state index contributed by atoms with van der Waals surface area (Å²) < 4.78 is 0. The number of carbonyl (C=O) groups excluding carboxylic acids is 1. The molecule has 1 aliphatic heterocycles. The van der Waals surface area contributed by atoms with Crippen LogP contribution in [-0.2, 0) is 6.42 Å². The highest BCUT2D eigenvalue weighted by Gasteiger charge is 2.25. The number of pyridine rings is 1. The summed E-state index contributed by atoms with van der Waals surface area (Å²) in [6.45, 7) is 1.51. The zero-order valence-corrected chi connectivity index (χ0v) is 14.9. The molecule has 3 aromatic rings. The van der Waals surface area contributed by atoms with Crippen LogP contribution in [0.25, 0.3) is 0 Å². The van der Waals surface area contributed by atoms with Crippen LogP contribution in [-0.4, -0.2) is 49.0 Å². The Kier molecular flexibility index (Phi) is 5.04. The van der Waals surface area contributed by atoms with E-state index in [9.17, 15) is 4.79 Å². The molecule has 138 valence electrons. The number of aromatic nitrogens is 5. The van der Waals surface area contributed by atoms with Gasteiger partial charge in [-0.25, -0.2) is 9.97 Å². The summed E-state index contributed by atoms with van der Waals surface area (Å²) in [5.41, 5.74) is 1.47. The monoisotopic (exact) mass is 363 g/mol. The minimum absolute atomic E-state index is 0.0122. The van der Waals surface area contributed by atoms with Gasteiger partial charge in [0.05, 0.1) is 18.1 Å². The van der Waals surface area contributed by atoms with Gasteiger partial charge in [-0.15, -0.1) is 0 Å². The zero-order valence-electron chi connectivity index (χ0n) is 14.9. The van der Waals surface area contributed by atoms with Gasteiger partial charge in [-0.1, -0.05) is 6.07 Å². The van der Waals surface area contributed by atoms with Gasteiger partial charge in [0.25, 0.3) is 5.91 Å². The normalized spacial score (nSPS) is 16.9. The second-order valence-electron chi connectivity index (χ2n) is 6.67. The highest BCUT2D eigenvalue weighted by atomic mass is 16.2. The van der Waals surface area contributed by atoms with E-state index in [1.54, 1.807) is 30.9 Å². The van der Waals surface area contributed by atoms with E-state index in [2.05, 4.69) is 30.5 Å². The van der Waals surface area contributed by atoms with Crippen LogP contribution in [0.4, 0.5) is 11.6 Å². The number of anilines is 2. The standard InChI is InChI=1S/C19H21N7O/c27-19(16-6-8-23-25-16)26-9-3-4-14(13-26)10-15-11-22-18(12-21-15)24-17-5-1-2-7-20-17/h1-2,5-8,11-12,14H,3-4,9-10,13H2,(H,23,25)(H,20,22,24). The first-order valence-corrected chi connectivity index (χ1v) is 9.05. The third-order valence-corrected chi connectivity index (χ3v) is 4.66. The SMILES string of the molecule is O=C(c1ccn[nH]1)N1CCCC(Cc2cnc(Nc3ccccn3)cn2)C1. The van der Waals surface area contributed by atoms with Crippen molar-refractivity contribution in [3.8, 4) is 0 Å². The fourth-order valence-corrected chi connectivity index (χ4v) is 3.35. The molecule has 4 rings (SSSR count). The lowest BCUT2D eigenvalue weighted by Gasteiger charge is -2.32. The molecule has 1 unspecified atom stereocenters. The van der Waals surface area contributed by atoms with E-state index in [0.29, 0.717) is 17.4 Å². The largest absolute Gasteiger partial charge is 0.337 e. The van der Waals surface area contributed by atoms with Crippen molar-refractivity contribution in [3.63, 3.8) is 0 Å². The molecule has 0 spiro atoms. The van der Waals surface area contributed by atoms with E-state index in [-0.39, 0.29) is 5.91 Å². The van der Waals surface area contributed by atoms with Crippen molar-refractivity contribution in [2.75, 3.05) is 18.4 Å². The molecular formula is C19H21N7O. The Morgan fingerprint density at radius 3 is 2.85 bits per heavy atom. The lowest BCUT2D eigenvalue weighted by molar-refractivity contribution is 0.0666. The average Bonchev–Trinajstić information content (AvgIpc) is 3.25. The summed E-state index contributed by atoms with van der Waals surface area (Å²) in [6.07, 6.45) is 9.74. The maximum Gasteiger partial charge on any atom is 0.271 e. The average molecular weight is 363 g/mol. The van der Waals surface area contributed by atoms with Crippen LogP contribution in [0.15, 0.2) is 49.1 Å². The highest BCUT2D eigenvalue weighted by molar-refractivity contribution is 5.92. The Morgan fingerprint density at radius 1 is 1.15 bits per heavy atom. The molecule has 8 nitrogen and oxygen atoms in total. The van der Waals surface area contributed by atoms with Crippen LogP contribution in [0.3, 0.4) is 0 Å². The quantitative estimate of drug-likeness (QED) is 0.722. The van der Waals surface area contributed by atoms with Crippen molar-refractivity contribution in [2.45, 2.75) is 19.3 Å². The van der Waals surface area contributed by atoms with Crippen molar-refractivity contribution in [2.24, 2.45) is 5.92 Å². The van der Waals surface area contributed by atoms with Crippen LogP contribution in [0.5, 0.6) is 0 Å². The van der Waals surface area contributed by atoms with Crippen molar-refractivity contribution in [3.05, 3.63) is 60.4 Å². The summed E-state index contributed by atoms with van der Waals surface area (Å²) in [6, 6.07) is 7.37. The molecule has 0 saturated carbocycles. The van der Waals surface area contributed by atoms with E-state index >= 15 is 0 Å². The third-order valence-electron chi connectivity index (χ3n) is 4.66. The summed E-state index contributed by atoms with van der Waals surface area (Å²) >= 11 is 0. The minimum Gasteiger partial charge on any atom is -0.337 e. The third kappa shape index (κ3) is 4.28. The molecule has 1 amide bonds. The molecule has 0 radical (unpaired) electrons. The Hall–Kier alpha value is -3.29. The highest BCUT2D eigenvalue weighted by Crippen LogP contribution is 2.21. The maximum absolute atomic E-state index is 12.5. The first-order valence-electron chi connectivity index (χ1n) is 9.05. The molecule has 1 fully saturated rings. The molecular weight excluding hydrogens is 342 g/mol. The van der Waals surface area contributed by atoms with Crippen molar-refractivity contribution in [1.82, 2.24) is 30.0 Å². The molecule has 3 aromatic heterocycles. The molecule has 1 atom stereocenters. The van der Waals surface area contributed by atoms with Crippen LogP contribution >= 0.6 is 0 Å². The Balaban J connectivity index is 1.35. The predicted molar refractivity (Wildman–Crippen MR) is 100 cm³/mol. The molecule has 0 aromatic carbocycles. The van der Waals surface area contributed by atoms with E-state index in [4.69, 9.17) is 0 Å². The summed E-state index contributed by atoms with van der Waals surface area (Å²) in [4.78, 5) is 27.5. The number of nitrogens with zero attached hydrogens (tertiary/aromatic N) is 5. The number of hydrogen-bond acceptors (Lipinski definition) is 6. The van der Waals surface area contributed by atoms with E-state index in [1.165, 1.54) is 0 Å². The van der Waals surface area contributed by atoms with Crippen LogP contribution in [0.1, 0.15) is 29.0 Å². The molecule has 1 aliphatic rings. The molecule has 0 aliphatic carbocycles. The zero-order chi connectivity index (χ0) is 18.5. The number of nitrogens with one attached hydrogen (secondary N) is 2. The Labute approximate surface area is 157 Å². The first-order chi connectivity index (χ1) is 13.3. The van der Waals surface area contributed by atoms with Crippen molar-refractivity contribution < 1.29 is 4.79 Å². The van der Waals surface area contributed by atoms with Gasteiger partial charge in [-0.05, 0) is 43.4 Å². The molecule has 8 heteroatoms. The lowest BCUT2D eigenvalue weighted by atomic mass is 9.93. The number of H-pyrrole nitrogens is 1. The lowest BCUT2D eigenvalue weighted by Crippen LogP contribution is -2.40. The molecule has 4 heterocycles. The number of amides is 1. The van der Waals surface area contributed by atoms with Crippen LogP contribution < -0.4 is 5.32 Å². The first kappa shape index (κ1) is 17.1. The smallest absolute Gasteiger partial charge is 0.271 e. The van der Waals surface area contributed by atoms with Crippen molar-refractivity contribution >= 4 is 17.5 Å². The van der Waals surface area contributed by atoms with Gasteiger partial charge in [0, 0.05) is 25.5 Å². The summed E-state index contributed by atoms with van der Waals surface area (Å²) in [5, 5.41) is 9.74. The van der Waals surface area contributed by atoms with Gasteiger partial charge < -0.3 is 10.2 Å². The Bertz CT molecular complexity index is 865. The predicted octanol–water partition coefficient (Wildman–Crippen LogP) is 2.43. The fourth-order valence-electron chi connectivity index (χ4n) is 3.35. The number of aromatic amines is 1. The second-order valence-corrected chi connectivity index (χ2v) is 6.67. The fraction of sp³-hybridized carbons (Fsp3) is 0.316. The molecule has 2 N–H and O–H groups in total. The van der Waals surface area contributed by atoms with Gasteiger partial charge in [0.2, 0.25) is 0 Å². The van der Waals surface area contributed by atoms with Gasteiger partial charge in [-0.2, -0.15) is 5.10 Å². The van der Waals surface area contributed by atoms with E-state index < -0.39 is 0 Å². The van der Waals surface area contributed by atoms with Gasteiger partial charge in [-0.3, -0.25) is 14.9 Å². The number of hydrogen-bond donors (Lipinski definition) is 2. The number of piperidine rings is 1. The van der Waals surface area contributed by atoms with Gasteiger partial charge >= 0.3 is 0 Å². The Morgan fingerprint density at radius 2 is 2.11 bits per heavy atom. The van der Waals surface area contributed by atoms with Gasteiger partial charge in [0.15, 0.2) is 0 Å². The summed E-state index contributed by atoms with van der Waals surface area (Å²) in [7, 11) is 0. The topological polar surface area (TPSA) is 99.7 Å². The number of likely N-dealkylation sites (tertiary alicyclic amines) is 1. The number of rotatable bonds is 5. The van der Waals surface area contributed by atoms with Crippen LogP contribution in [0.2, 0.25) is 0 Å². The van der Waals surface area contributed by atoms with E-state index in [0.717, 1.165) is 43.9 Å². The van der Waals surface area contributed by atoms with Crippen LogP contribution in [0, 0.1) is 5.92 Å². The van der Waals surface area contributed by atoms with Gasteiger partial charge in [0.1, 0.15) is 17.3 Å². The second kappa shape index (κ2) is 7.94.